The van der Waals surface area contributed by atoms with Crippen molar-refractivity contribution in [2.45, 2.75) is 32.4 Å². The molecule has 0 bridgehead atoms. The maximum absolute atomic E-state index is 13.1. The number of rotatable bonds is 3. The van der Waals surface area contributed by atoms with E-state index in [1.54, 1.807) is 18.0 Å². The van der Waals surface area contributed by atoms with Crippen molar-refractivity contribution in [1.29, 1.82) is 0 Å². The van der Waals surface area contributed by atoms with E-state index in [1.807, 2.05) is 31.2 Å². The summed E-state index contributed by atoms with van der Waals surface area (Å²) < 4.78 is 5.45. The van der Waals surface area contributed by atoms with Crippen LogP contribution in [0.15, 0.2) is 41.0 Å². The minimum atomic E-state index is -0.561. The molecule has 134 valence electrons. The summed E-state index contributed by atoms with van der Waals surface area (Å²) in [6.07, 6.45) is 2.71. The Kier molecular flexibility index (Phi) is 4.03. The van der Waals surface area contributed by atoms with Gasteiger partial charge in [-0.15, -0.1) is 0 Å². The number of likely N-dealkylation sites (N-methyl/N-ethyl adjacent to an activating group) is 1. The van der Waals surface area contributed by atoms with Gasteiger partial charge in [-0.3, -0.25) is 9.59 Å². The minimum Gasteiger partial charge on any atom is -0.459 e. The van der Waals surface area contributed by atoms with Gasteiger partial charge in [-0.25, -0.2) is 0 Å². The number of fused-ring (bicyclic) bond motifs is 3. The summed E-state index contributed by atoms with van der Waals surface area (Å²) in [5, 5.41) is 3.80. The van der Waals surface area contributed by atoms with Crippen LogP contribution in [-0.2, 0) is 24.2 Å². The van der Waals surface area contributed by atoms with E-state index in [2.05, 4.69) is 10.3 Å². The summed E-state index contributed by atoms with van der Waals surface area (Å²) >= 11 is 0. The van der Waals surface area contributed by atoms with E-state index in [-0.39, 0.29) is 11.8 Å². The maximum Gasteiger partial charge on any atom is 0.290 e. The van der Waals surface area contributed by atoms with Gasteiger partial charge in [0.1, 0.15) is 6.04 Å². The van der Waals surface area contributed by atoms with Gasteiger partial charge >= 0.3 is 0 Å². The third kappa shape index (κ3) is 2.49. The zero-order chi connectivity index (χ0) is 18.3. The number of carbonyl (C=O) groups excluding carboxylic acids is 2. The molecule has 0 saturated carbocycles. The van der Waals surface area contributed by atoms with Gasteiger partial charge in [-0.1, -0.05) is 25.1 Å². The molecule has 2 N–H and O–H groups in total. The van der Waals surface area contributed by atoms with Crippen LogP contribution in [0.3, 0.4) is 0 Å². The Morgan fingerprint density at radius 1 is 1.31 bits per heavy atom. The molecule has 3 aromatic rings. The molecule has 0 saturated heterocycles. The lowest BCUT2D eigenvalue weighted by Gasteiger charge is -2.34. The van der Waals surface area contributed by atoms with Crippen molar-refractivity contribution in [3.05, 3.63) is 59.2 Å². The number of hydrogen-bond acceptors (Lipinski definition) is 3. The van der Waals surface area contributed by atoms with Crippen molar-refractivity contribution in [2.75, 3.05) is 7.05 Å². The van der Waals surface area contributed by atoms with E-state index < -0.39 is 6.04 Å². The van der Waals surface area contributed by atoms with Gasteiger partial charge in [-0.2, -0.15) is 0 Å². The lowest BCUT2D eigenvalue weighted by molar-refractivity contribution is -0.125. The van der Waals surface area contributed by atoms with Crippen molar-refractivity contribution in [1.82, 2.24) is 15.2 Å². The van der Waals surface area contributed by atoms with E-state index in [4.69, 9.17) is 4.42 Å². The first-order valence-electron chi connectivity index (χ1n) is 8.81. The molecule has 1 aliphatic heterocycles. The topological polar surface area (TPSA) is 78.3 Å². The first-order valence-corrected chi connectivity index (χ1v) is 8.81. The molecule has 26 heavy (non-hydrogen) atoms. The average Bonchev–Trinajstić information content (AvgIpc) is 3.29. The number of aromatic nitrogens is 1. The molecule has 0 aliphatic carbocycles. The van der Waals surface area contributed by atoms with Gasteiger partial charge in [0.2, 0.25) is 5.91 Å². The Hall–Kier alpha value is -3.02. The van der Waals surface area contributed by atoms with Crippen molar-refractivity contribution < 1.29 is 14.0 Å². The van der Waals surface area contributed by atoms with Gasteiger partial charge in [0, 0.05) is 35.6 Å². The smallest absolute Gasteiger partial charge is 0.290 e. The lowest BCUT2D eigenvalue weighted by atomic mass is 9.95. The molecule has 2 amide bonds. The number of amides is 2. The van der Waals surface area contributed by atoms with Crippen LogP contribution in [0.5, 0.6) is 0 Å². The Bertz CT molecular complexity index is 985. The fraction of sp³-hybridized carbons (Fsp3) is 0.300. The highest BCUT2D eigenvalue weighted by atomic mass is 16.3. The molecular formula is C20H21N3O3. The molecular weight excluding hydrogens is 330 g/mol. The molecule has 0 radical (unpaired) electrons. The monoisotopic (exact) mass is 351 g/mol. The summed E-state index contributed by atoms with van der Waals surface area (Å²) in [6.45, 7) is 2.33. The molecule has 6 nitrogen and oxygen atoms in total. The maximum atomic E-state index is 13.1. The number of furan rings is 1. The first-order chi connectivity index (χ1) is 12.6. The van der Waals surface area contributed by atoms with Crippen molar-refractivity contribution in [3.63, 3.8) is 0 Å². The van der Waals surface area contributed by atoms with E-state index in [9.17, 15) is 9.59 Å². The minimum absolute atomic E-state index is 0.168. The van der Waals surface area contributed by atoms with Crippen LogP contribution in [0.1, 0.15) is 34.3 Å². The van der Waals surface area contributed by atoms with Crippen LogP contribution >= 0.6 is 0 Å². The highest BCUT2D eigenvalue weighted by Gasteiger charge is 2.37. The summed E-state index contributed by atoms with van der Waals surface area (Å²) in [5.41, 5.74) is 3.96. The molecule has 1 atom stereocenters. The number of aryl methyl sites for hydroxylation is 1. The number of hydrogen-bond donors (Lipinski definition) is 2. The SMILES string of the molecule is CCc1ccoc1C(=O)N1Cc2[nH]c3ccccc3c2C[C@@H]1C(=O)NC. The number of para-hydroxylation sites is 1. The van der Waals surface area contributed by atoms with Crippen LogP contribution < -0.4 is 5.32 Å². The van der Waals surface area contributed by atoms with Crippen LogP contribution in [0, 0.1) is 0 Å². The van der Waals surface area contributed by atoms with E-state index in [0.29, 0.717) is 25.1 Å². The molecule has 0 unspecified atom stereocenters. The number of nitrogens with zero attached hydrogens (tertiary/aromatic N) is 1. The molecule has 4 rings (SSSR count). The van der Waals surface area contributed by atoms with Crippen LogP contribution in [-0.4, -0.2) is 34.8 Å². The summed E-state index contributed by atoms with van der Waals surface area (Å²) in [7, 11) is 1.60. The van der Waals surface area contributed by atoms with E-state index >= 15 is 0 Å². The second kappa shape index (κ2) is 6.37. The van der Waals surface area contributed by atoms with Gasteiger partial charge in [-0.05, 0) is 24.1 Å². The van der Waals surface area contributed by atoms with Gasteiger partial charge in [0.25, 0.3) is 5.91 Å². The summed E-state index contributed by atoms with van der Waals surface area (Å²) in [4.78, 5) is 30.7. The molecule has 6 heteroatoms. The molecule has 1 aromatic carbocycles. The van der Waals surface area contributed by atoms with E-state index in [0.717, 1.165) is 27.7 Å². The number of benzene rings is 1. The van der Waals surface area contributed by atoms with E-state index in [1.165, 1.54) is 6.26 Å². The summed E-state index contributed by atoms with van der Waals surface area (Å²) in [5.74, 6) is -0.0930. The molecule has 2 aromatic heterocycles. The van der Waals surface area contributed by atoms with Gasteiger partial charge in [0.05, 0.1) is 12.8 Å². The standard InChI is InChI=1S/C20H21N3O3/c1-3-12-8-9-26-18(12)20(25)23-11-16-14(10-17(23)19(24)21-2)13-6-4-5-7-15(13)22-16/h4-9,17,22H,3,10-11H2,1-2H3,(H,21,24)/t17-/m1/s1. The number of aromatic amines is 1. The number of nitrogens with one attached hydrogen (secondary N) is 2. The Balaban J connectivity index is 1.77. The molecule has 1 aliphatic rings. The van der Waals surface area contributed by atoms with Gasteiger partial charge in [0.15, 0.2) is 5.76 Å². The predicted molar refractivity (Wildman–Crippen MR) is 97.8 cm³/mol. The van der Waals surface area contributed by atoms with Crippen molar-refractivity contribution >= 4 is 22.7 Å². The average molecular weight is 351 g/mol. The second-order valence-electron chi connectivity index (χ2n) is 6.52. The lowest BCUT2D eigenvalue weighted by Crippen LogP contribution is -2.52. The highest BCUT2D eigenvalue weighted by Crippen LogP contribution is 2.31. The normalized spacial score (nSPS) is 16.5. The van der Waals surface area contributed by atoms with Crippen LogP contribution in [0.4, 0.5) is 0 Å². The third-order valence-corrected chi connectivity index (χ3v) is 5.14. The highest BCUT2D eigenvalue weighted by molar-refractivity contribution is 5.98. The van der Waals surface area contributed by atoms with Crippen molar-refractivity contribution in [3.8, 4) is 0 Å². The fourth-order valence-electron chi connectivity index (χ4n) is 3.75. The zero-order valence-electron chi connectivity index (χ0n) is 14.8. The number of carbonyl (C=O) groups is 2. The molecule has 0 fully saturated rings. The predicted octanol–water partition coefficient (Wildman–Crippen LogP) is 2.64. The Morgan fingerprint density at radius 3 is 2.88 bits per heavy atom. The molecule has 3 heterocycles. The first kappa shape index (κ1) is 16.4. The van der Waals surface area contributed by atoms with Crippen molar-refractivity contribution in [2.24, 2.45) is 0 Å². The second-order valence-corrected chi connectivity index (χ2v) is 6.52. The fourth-order valence-corrected chi connectivity index (χ4v) is 3.75. The van der Waals surface area contributed by atoms with Gasteiger partial charge < -0.3 is 19.6 Å². The number of H-pyrrole nitrogens is 1. The molecule has 0 spiro atoms. The van der Waals surface area contributed by atoms with Crippen LogP contribution in [0.2, 0.25) is 0 Å². The largest absolute Gasteiger partial charge is 0.459 e. The Morgan fingerprint density at radius 2 is 2.12 bits per heavy atom. The zero-order valence-corrected chi connectivity index (χ0v) is 14.8. The third-order valence-electron chi connectivity index (χ3n) is 5.14. The quantitative estimate of drug-likeness (QED) is 0.761. The Labute approximate surface area is 151 Å². The summed E-state index contributed by atoms with van der Waals surface area (Å²) in [6, 6.07) is 9.26. The van der Waals surface area contributed by atoms with Crippen LogP contribution in [0.25, 0.3) is 10.9 Å².